The Kier molecular flexibility index (Phi) is 8.57. The van der Waals surface area contributed by atoms with Crippen LogP contribution < -0.4 is 10.6 Å². The molecule has 2 N–H and O–H groups in total. The summed E-state index contributed by atoms with van der Waals surface area (Å²) in [6.45, 7) is 8.97. The average molecular weight is 427 g/mol. The minimum absolute atomic E-state index is 0.104. The predicted molar refractivity (Wildman–Crippen MR) is 109 cm³/mol. The summed E-state index contributed by atoms with van der Waals surface area (Å²) in [6, 6.07) is 6.54. The predicted octanol–water partition coefficient (Wildman–Crippen LogP) is -0.0838. The fourth-order valence-electron chi connectivity index (χ4n) is 3.00. The van der Waals surface area contributed by atoms with E-state index < -0.39 is 28.1 Å². The number of likely N-dealkylation sites (N-methyl/N-ethyl adjacent to an activating group) is 1. The van der Waals surface area contributed by atoms with Crippen LogP contribution in [0.5, 0.6) is 0 Å². The van der Waals surface area contributed by atoms with Gasteiger partial charge in [0.2, 0.25) is 10.0 Å². The molecular weight excluding hydrogens is 396 g/mol. The Bertz CT molecular complexity index is 793. The Morgan fingerprint density at radius 3 is 2.38 bits per heavy atom. The van der Waals surface area contributed by atoms with Gasteiger partial charge in [-0.2, -0.15) is 4.31 Å². The summed E-state index contributed by atoms with van der Waals surface area (Å²) < 4.78 is 32.4. The van der Waals surface area contributed by atoms with Crippen LogP contribution in [-0.4, -0.2) is 81.5 Å². The number of carbonyl (C=O) groups excluding carboxylic acids is 2. The number of nitrogens with one attached hydrogen (secondary N) is 2. The molecule has 0 bridgehead atoms. The molecule has 1 aliphatic heterocycles. The van der Waals surface area contributed by atoms with Crippen molar-refractivity contribution in [3.8, 4) is 0 Å². The highest BCUT2D eigenvalue weighted by atomic mass is 32.2. The topological polar surface area (TPSA) is 108 Å². The minimum atomic E-state index is -3.75. The zero-order chi connectivity index (χ0) is 21.4. The number of hydrogen-bond donors (Lipinski definition) is 2. The molecule has 1 atom stereocenters. The molecule has 1 heterocycles. The van der Waals surface area contributed by atoms with Gasteiger partial charge >= 0.3 is 11.8 Å². The lowest BCUT2D eigenvalue weighted by Crippen LogP contribution is -2.48. The first-order valence-corrected chi connectivity index (χ1v) is 11.2. The standard InChI is InChI=1S/C19H30N4O5S/c1-4-22(5-2)11-10-20-18(24)19(25)21-14-17-23(12-13-28-17)29(26,27)16-8-6-15(3)7-9-16/h6-9,17H,4-5,10-14H2,1-3H3,(H,20,24)(H,21,25). The average Bonchev–Trinajstić information content (AvgIpc) is 3.19. The van der Waals surface area contributed by atoms with E-state index in [4.69, 9.17) is 4.74 Å². The van der Waals surface area contributed by atoms with Crippen LogP contribution in [-0.2, 0) is 24.3 Å². The Morgan fingerprint density at radius 2 is 1.76 bits per heavy atom. The van der Waals surface area contributed by atoms with E-state index in [0.717, 1.165) is 18.7 Å². The molecule has 0 aliphatic carbocycles. The van der Waals surface area contributed by atoms with Crippen LogP contribution in [0.4, 0.5) is 0 Å². The molecule has 2 rings (SSSR count). The van der Waals surface area contributed by atoms with E-state index in [0.29, 0.717) is 13.1 Å². The Hall–Kier alpha value is -2.01. The van der Waals surface area contributed by atoms with Crippen LogP contribution in [0.25, 0.3) is 0 Å². The molecule has 0 saturated carbocycles. The third-order valence-electron chi connectivity index (χ3n) is 4.82. The SMILES string of the molecule is CCN(CC)CCNC(=O)C(=O)NCC1OCCN1S(=O)(=O)c1ccc(C)cc1. The molecule has 0 spiro atoms. The van der Waals surface area contributed by atoms with E-state index in [1.807, 2.05) is 20.8 Å². The van der Waals surface area contributed by atoms with Crippen LogP contribution in [0.3, 0.4) is 0 Å². The van der Waals surface area contributed by atoms with Crippen molar-refractivity contribution in [1.82, 2.24) is 19.8 Å². The van der Waals surface area contributed by atoms with E-state index in [2.05, 4.69) is 15.5 Å². The Morgan fingerprint density at radius 1 is 1.14 bits per heavy atom. The Balaban J connectivity index is 1.88. The molecule has 0 radical (unpaired) electrons. The number of carbonyl (C=O) groups is 2. The summed E-state index contributed by atoms with van der Waals surface area (Å²) in [7, 11) is -3.75. The van der Waals surface area contributed by atoms with E-state index in [1.54, 1.807) is 24.3 Å². The lowest BCUT2D eigenvalue weighted by Gasteiger charge is -2.23. The number of amides is 2. The lowest BCUT2D eigenvalue weighted by molar-refractivity contribution is -0.139. The molecule has 2 amide bonds. The van der Waals surface area contributed by atoms with Gasteiger partial charge in [-0.25, -0.2) is 8.42 Å². The van der Waals surface area contributed by atoms with Crippen molar-refractivity contribution in [1.29, 1.82) is 0 Å². The number of sulfonamides is 1. The van der Waals surface area contributed by atoms with E-state index in [9.17, 15) is 18.0 Å². The Labute approximate surface area is 172 Å². The molecule has 1 fully saturated rings. The van der Waals surface area contributed by atoms with Crippen molar-refractivity contribution in [2.75, 3.05) is 45.9 Å². The molecule has 162 valence electrons. The van der Waals surface area contributed by atoms with Crippen LogP contribution >= 0.6 is 0 Å². The van der Waals surface area contributed by atoms with Crippen LogP contribution in [0.15, 0.2) is 29.2 Å². The molecular formula is C19H30N4O5S. The summed E-state index contributed by atoms with van der Waals surface area (Å²) in [5.41, 5.74) is 0.956. The zero-order valence-corrected chi connectivity index (χ0v) is 18.0. The molecule has 1 aromatic rings. The normalized spacial score (nSPS) is 17.4. The third-order valence-corrected chi connectivity index (χ3v) is 6.73. The summed E-state index contributed by atoms with van der Waals surface area (Å²) in [4.78, 5) is 26.2. The second-order valence-electron chi connectivity index (χ2n) is 6.75. The second-order valence-corrected chi connectivity index (χ2v) is 8.64. The number of benzene rings is 1. The van der Waals surface area contributed by atoms with Gasteiger partial charge in [0.1, 0.15) is 6.23 Å². The smallest absolute Gasteiger partial charge is 0.309 e. The van der Waals surface area contributed by atoms with E-state index in [-0.39, 0.29) is 24.6 Å². The number of rotatable bonds is 9. The van der Waals surface area contributed by atoms with Crippen molar-refractivity contribution in [2.45, 2.75) is 31.9 Å². The van der Waals surface area contributed by atoms with Crippen molar-refractivity contribution in [3.63, 3.8) is 0 Å². The highest BCUT2D eigenvalue weighted by Gasteiger charge is 2.36. The summed E-state index contributed by atoms with van der Waals surface area (Å²) in [5.74, 6) is -1.56. The minimum Gasteiger partial charge on any atom is -0.359 e. The van der Waals surface area contributed by atoms with Crippen molar-refractivity contribution >= 4 is 21.8 Å². The number of hydrogen-bond acceptors (Lipinski definition) is 6. The summed E-state index contributed by atoms with van der Waals surface area (Å²) in [5, 5.41) is 5.02. The van der Waals surface area contributed by atoms with Gasteiger partial charge in [0.25, 0.3) is 0 Å². The van der Waals surface area contributed by atoms with Crippen LogP contribution in [0, 0.1) is 6.92 Å². The summed E-state index contributed by atoms with van der Waals surface area (Å²) in [6.07, 6.45) is -0.853. The van der Waals surface area contributed by atoms with Crippen molar-refractivity contribution in [2.24, 2.45) is 0 Å². The van der Waals surface area contributed by atoms with Gasteiger partial charge in [-0.05, 0) is 32.1 Å². The van der Waals surface area contributed by atoms with Gasteiger partial charge in [-0.15, -0.1) is 0 Å². The fourth-order valence-corrected chi connectivity index (χ4v) is 4.51. The van der Waals surface area contributed by atoms with Crippen molar-refractivity contribution in [3.05, 3.63) is 29.8 Å². The van der Waals surface area contributed by atoms with Gasteiger partial charge in [0.05, 0.1) is 18.0 Å². The highest BCUT2D eigenvalue weighted by Crippen LogP contribution is 2.22. The molecule has 10 heteroatoms. The quantitative estimate of drug-likeness (QED) is 0.535. The molecule has 1 aliphatic rings. The lowest BCUT2D eigenvalue weighted by atomic mass is 10.2. The second kappa shape index (κ2) is 10.7. The zero-order valence-electron chi connectivity index (χ0n) is 17.2. The van der Waals surface area contributed by atoms with Crippen LogP contribution in [0.2, 0.25) is 0 Å². The number of nitrogens with zero attached hydrogens (tertiary/aromatic N) is 2. The first-order chi connectivity index (χ1) is 13.8. The molecule has 1 saturated heterocycles. The first kappa shape index (κ1) is 23.3. The summed E-state index contributed by atoms with van der Waals surface area (Å²) >= 11 is 0. The van der Waals surface area contributed by atoms with Gasteiger partial charge in [0, 0.05) is 19.6 Å². The first-order valence-electron chi connectivity index (χ1n) is 9.78. The molecule has 0 aromatic heterocycles. The van der Waals surface area contributed by atoms with Gasteiger partial charge < -0.3 is 20.3 Å². The van der Waals surface area contributed by atoms with Crippen LogP contribution in [0.1, 0.15) is 19.4 Å². The van der Waals surface area contributed by atoms with Crippen molar-refractivity contribution < 1.29 is 22.7 Å². The molecule has 29 heavy (non-hydrogen) atoms. The molecule has 1 aromatic carbocycles. The highest BCUT2D eigenvalue weighted by molar-refractivity contribution is 7.89. The third kappa shape index (κ3) is 6.23. The van der Waals surface area contributed by atoms with Gasteiger partial charge in [-0.3, -0.25) is 9.59 Å². The van der Waals surface area contributed by atoms with E-state index in [1.165, 1.54) is 4.31 Å². The van der Waals surface area contributed by atoms with Gasteiger partial charge in [0.15, 0.2) is 0 Å². The maximum Gasteiger partial charge on any atom is 0.309 e. The molecule has 9 nitrogen and oxygen atoms in total. The largest absolute Gasteiger partial charge is 0.359 e. The number of ether oxygens (including phenoxy) is 1. The maximum atomic E-state index is 12.8. The molecule has 1 unspecified atom stereocenters. The maximum absolute atomic E-state index is 12.8. The number of aryl methyl sites for hydroxylation is 1. The van der Waals surface area contributed by atoms with Gasteiger partial charge in [-0.1, -0.05) is 31.5 Å². The monoisotopic (exact) mass is 426 g/mol. The van der Waals surface area contributed by atoms with E-state index >= 15 is 0 Å². The fraction of sp³-hybridized carbons (Fsp3) is 0.579.